The van der Waals surface area contributed by atoms with Gasteiger partial charge in [-0.1, -0.05) is 18.7 Å². The van der Waals surface area contributed by atoms with Gasteiger partial charge in [0, 0.05) is 29.3 Å². The van der Waals surface area contributed by atoms with Crippen LogP contribution in [0.25, 0.3) is 17.3 Å². The first-order valence-electron chi connectivity index (χ1n) is 8.62. The summed E-state index contributed by atoms with van der Waals surface area (Å²) < 4.78 is 13.4. The molecule has 3 aromatic rings. The third-order valence-electron chi connectivity index (χ3n) is 4.21. The molecule has 3 rings (SSSR count). The molecule has 1 amide bonds. The summed E-state index contributed by atoms with van der Waals surface area (Å²) in [7, 11) is 0. The van der Waals surface area contributed by atoms with E-state index < -0.39 is 5.83 Å². The number of rotatable bonds is 5. The van der Waals surface area contributed by atoms with E-state index in [1.807, 2.05) is 44.2 Å². The third kappa shape index (κ3) is 4.35. The molecule has 6 heteroatoms. The second kappa shape index (κ2) is 8.35. The number of halogens is 1. The Bertz CT molecular complexity index is 1060. The second-order valence-corrected chi connectivity index (χ2v) is 6.22. The zero-order valence-electron chi connectivity index (χ0n) is 15.6. The summed E-state index contributed by atoms with van der Waals surface area (Å²) in [5.41, 5.74) is 5.07. The van der Waals surface area contributed by atoms with Gasteiger partial charge in [-0.25, -0.2) is 14.4 Å². The standard InChI is InChI=1S/C22H19FN4O/c1-4-19(23)10-16-5-8-21(26-15(16)3)17-6-7-20(14(2)9-17)27-22(28)18-11-24-13-25-12-18/h4-13H,1H2,2-3H3,(H,27,28)/b19-10+. The van der Waals surface area contributed by atoms with Crippen LogP contribution in [0.2, 0.25) is 0 Å². The lowest BCUT2D eigenvalue weighted by Gasteiger charge is -2.11. The van der Waals surface area contributed by atoms with Gasteiger partial charge in [-0.15, -0.1) is 0 Å². The molecule has 0 aliphatic carbocycles. The van der Waals surface area contributed by atoms with Crippen LogP contribution in [0.1, 0.15) is 27.2 Å². The number of hydrogen-bond acceptors (Lipinski definition) is 4. The Morgan fingerprint density at radius 1 is 1.14 bits per heavy atom. The molecule has 0 saturated heterocycles. The minimum atomic E-state index is -0.405. The van der Waals surface area contributed by atoms with Gasteiger partial charge >= 0.3 is 0 Å². The van der Waals surface area contributed by atoms with Crippen LogP contribution >= 0.6 is 0 Å². The molecule has 0 radical (unpaired) electrons. The van der Waals surface area contributed by atoms with Crippen LogP contribution in [0.5, 0.6) is 0 Å². The number of amides is 1. The molecule has 0 atom stereocenters. The van der Waals surface area contributed by atoms with Crippen molar-refractivity contribution in [2.75, 3.05) is 5.32 Å². The van der Waals surface area contributed by atoms with Gasteiger partial charge in [0.05, 0.1) is 11.3 Å². The zero-order valence-corrected chi connectivity index (χ0v) is 15.6. The first-order valence-corrected chi connectivity index (χ1v) is 8.62. The molecular formula is C22H19FN4O. The number of aryl methyl sites for hydroxylation is 2. The van der Waals surface area contributed by atoms with Crippen molar-refractivity contribution >= 4 is 17.7 Å². The van der Waals surface area contributed by atoms with Crippen molar-refractivity contribution < 1.29 is 9.18 Å². The van der Waals surface area contributed by atoms with Crippen molar-refractivity contribution in [2.45, 2.75) is 13.8 Å². The van der Waals surface area contributed by atoms with Crippen LogP contribution in [0.3, 0.4) is 0 Å². The van der Waals surface area contributed by atoms with Gasteiger partial charge < -0.3 is 5.32 Å². The fourth-order valence-corrected chi connectivity index (χ4v) is 2.67. The SMILES string of the molecule is C=C/C(F)=C\c1ccc(-c2ccc(NC(=O)c3cncnc3)c(C)c2)nc1C. The summed E-state index contributed by atoms with van der Waals surface area (Å²) in [5.74, 6) is -0.678. The highest BCUT2D eigenvalue weighted by Gasteiger charge is 2.10. The Hall–Kier alpha value is -3.67. The Balaban J connectivity index is 1.83. The van der Waals surface area contributed by atoms with E-state index in [-0.39, 0.29) is 5.91 Å². The number of carbonyl (C=O) groups excluding carboxylic acids is 1. The molecular weight excluding hydrogens is 355 g/mol. The van der Waals surface area contributed by atoms with E-state index in [4.69, 9.17) is 0 Å². The maximum absolute atomic E-state index is 13.4. The Morgan fingerprint density at radius 2 is 1.89 bits per heavy atom. The lowest BCUT2D eigenvalue weighted by atomic mass is 10.0. The number of hydrogen-bond donors (Lipinski definition) is 1. The summed E-state index contributed by atoms with van der Waals surface area (Å²) in [6.07, 6.45) is 6.86. The lowest BCUT2D eigenvalue weighted by molar-refractivity contribution is 0.102. The van der Waals surface area contributed by atoms with Crippen LogP contribution in [-0.2, 0) is 0 Å². The molecule has 5 nitrogen and oxygen atoms in total. The minimum absolute atomic E-state index is 0.272. The number of allylic oxidation sites excluding steroid dienone is 2. The summed E-state index contributed by atoms with van der Waals surface area (Å²) in [5, 5.41) is 2.86. The van der Waals surface area contributed by atoms with Crippen molar-refractivity contribution in [3.8, 4) is 11.3 Å². The molecule has 0 fully saturated rings. The Labute approximate surface area is 162 Å². The summed E-state index contributed by atoms with van der Waals surface area (Å²) in [6.45, 7) is 7.14. The van der Waals surface area contributed by atoms with Crippen molar-refractivity contribution in [3.63, 3.8) is 0 Å². The van der Waals surface area contributed by atoms with Gasteiger partial charge in [-0.3, -0.25) is 9.78 Å². The first kappa shape index (κ1) is 19.1. The molecule has 0 aliphatic rings. The van der Waals surface area contributed by atoms with Gasteiger partial charge in [0.2, 0.25) is 0 Å². The highest BCUT2D eigenvalue weighted by atomic mass is 19.1. The summed E-state index contributed by atoms with van der Waals surface area (Å²) in [6, 6.07) is 9.31. The fourth-order valence-electron chi connectivity index (χ4n) is 2.67. The molecule has 2 heterocycles. The van der Waals surface area contributed by atoms with Gasteiger partial charge in [0.1, 0.15) is 12.2 Å². The maximum Gasteiger partial charge on any atom is 0.258 e. The van der Waals surface area contributed by atoms with Gasteiger partial charge in [0.25, 0.3) is 5.91 Å². The van der Waals surface area contributed by atoms with E-state index in [1.54, 1.807) is 0 Å². The number of benzene rings is 1. The fraction of sp³-hybridized carbons (Fsp3) is 0.0909. The van der Waals surface area contributed by atoms with E-state index in [2.05, 4.69) is 26.8 Å². The third-order valence-corrected chi connectivity index (χ3v) is 4.21. The molecule has 1 N–H and O–H groups in total. The topological polar surface area (TPSA) is 67.8 Å². The minimum Gasteiger partial charge on any atom is -0.322 e. The number of anilines is 1. The molecule has 0 spiro atoms. The number of nitrogens with zero attached hydrogens (tertiary/aromatic N) is 3. The smallest absolute Gasteiger partial charge is 0.258 e. The molecule has 0 unspecified atom stereocenters. The first-order chi connectivity index (χ1) is 13.5. The predicted octanol–water partition coefficient (Wildman–Crippen LogP) is 4.90. The van der Waals surface area contributed by atoms with Crippen LogP contribution in [-0.4, -0.2) is 20.9 Å². The Kier molecular flexibility index (Phi) is 5.69. The van der Waals surface area contributed by atoms with E-state index in [0.29, 0.717) is 22.5 Å². The van der Waals surface area contributed by atoms with E-state index in [0.717, 1.165) is 22.9 Å². The quantitative estimate of drug-likeness (QED) is 0.645. The largest absolute Gasteiger partial charge is 0.322 e. The van der Waals surface area contributed by atoms with E-state index in [1.165, 1.54) is 24.8 Å². The van der Waals surface area contributed by atoms with Crippen molar-refractivity contribution in [2.24, 2.45) is 0 Å². The van der Waals surface area contributed by atoms with Crippen LogP contribution in [0.15, 0.2) is 67.5 Å². The number of pyridine rings is 1. The monoisotopic (exact) mass is 374 g/mol. The average molecular weight is 374 g/mol. The second-order valence-electron chi connectivity index (χ2n) is 6.22. The zero-order chi connectivity index (χ0) is 20.1. The molecule has 140 valence electrons. The number of nitrogens with one attached hydrogen (secondary N) is 1. The normalized spacial score (nSPS) is 11.2. The van der Waals surface area contributed by atoms with Gasteiger partial charge in [0.15, 0.2) is 0 Å². The van der Waals surface area contributed by atoms with E-state index in [9.17, 15) is 9.18 Å². The Morgan fingerprint density at radius 3 is 2.54 bits per heavy atom. The highest BCUT2D eigenvalue weighted by Crippen LogP contribution is 2.25. The predicted molar refractivity (Wildman–Crippen MR) is 108 cm³/mol. The molecule has 1 aromatic carbocycles. The molecule has 0 bridgehead atoms. The van der Waals surface area contributed by atoms with E-state index >= 15 is 0 Å². The summed E-state index contributed by atoms with van der Waals surface area (Å²) >= 11 is 0. The van der Waals surface area contributed by atoms with Crippen molar-refractivity contribution in [1.82, 2.24) is 15.0 Å². The van der Waals surface area contributed by atoms with Crippen LogP contribution in [0, 0.1) is 13.8 Å². The molecule has 28 heavy (non-hydrogen) atoms. The summed E-state index contributed by atoms with van der Waals surface area (Å²) in [4.78, 5) is 24.5. The molecule has 0 saturated carbocycles. The highest BCUT2D eigenvalue weighted by molar-refractivity contribution is 6.04. The molecule has 2 aromatic heterocycles. The maximum atomic E-state index is 13.4. The van der Waals surface area contributed by atoms with Gasteiger partial charge in [-0.2, -0.15) is 0 Å². The number of carbonyl (C=O) groups is 1. The average Bonchev–Trinajstić information content (AvgIpc) is 2.71. The van der Waals surface area contributed by atoms with Gasteiger partial charge in [-0.05, 0) is 55.3 Å². The molecule has 0 aliphatic heterocycles. The lowest BCUT2D eigenvalue weighted by Crippen LogP contribution is -2.13. The van der Waals surface area contributed by atoms with Crippen LogP contribution in [0.4, 0.5) is 10.1 Å². The van der Waals surface area contributed by atoms with Crippen molar-refractivity contribution in [3.05, 3.63) is 89.9 Å². The number of aromatic nitrogens is 3. The van der Waals surface area contributed by atoms with Crippen LogP contribution < -0.4 is 5.32 Å². The van der Waals surface area contributed by atoms with Crippen molar-refractivity contribution in [1.29, 1.82) is 0 Å².